The lowest BCUT2D eigenvalue weighted by Gasteiger charge is -2.51. The van der Waals surface area contributed by atoms with Crippen LogP contribution >= 0.6 is 0 Å². The summed E-state index contributed by atoms with van der Waals surface area (Å²) in [5, 5.41) is 72.1. The number of nitrogens with two attached hydrogens (primary N) is 1. The fourth-order valence-electron chi connectivity index (χ4n) is 15.5. The minimum Gasteiger partial charge on any atom is -0.508 e. The number of nitrogens with one attached hydrogen (secondary N) is 1. The SMILES string of the molecule is CC[C@H]1C[C@@H]2C=C[C@H]1C[C@H](O)C[C@@]1(CCC[C@]13CCO[C@@H](CO)C3)CN=C(N)NCC[C@H]1[C@@H](CO)CCC[C@@H]1Oc1cc(ccc1O)[C@@H]1Oc3cc(OC)c4c(c3C[C@H]1O)[C@H]2Cc1cc(O)c(CC(C)C)cc1-4. The van der Waals surface area contributed by atoms with Crippen LogP contribution in [-0.4, -0.2) is 101 Å². The largest absolute Gasteiger partial charge is 0.508 e. The second-order valence-electron chi connectivity index (χ2n) is 23.8. The highest BCUT2D eigenvalue weighted by atomic mass is 16.5. The van der Waals surface area contributed by atoms with Crippen molar-refractivity contribution in [1.29, 1.82) is 0 Å². The Balaban J connectivity index is 1.08. The number of guanidine groups is 1. The van der Waals surface area contributed by atoms with Gasteiger partial charge in [-0.25, -0.2) is 0 Å². The quantitative estimate of drug-likeness (QED) is 0.109. The molecule has 0 unspecified atom stereocenters. The number of hydrogen-bond donors (Lipinski definition) is 8. The van der Waals surface area contributed by atoms with Crippen molar-refractivity contribution in [3.8, 4) is 39.9 Å². The molecule has 4 aliphatic carbocycles. The van der Waals surface area contributed by atoms with Gasteiger partial charge in [0.1, 0.15) is 29.5 Å². The van der Waals surface area contributed by atoms with Gasteiger partial charge in [0.25, 0.3) is 0 Å². The molecule has 0 aromatic heterocycles. The van der Waals surface area contributed by atoms with E-state index in [1.54, 1.807) is 25.3 Å². The first kappa shape index (κ1) is 51.9. The number of aliphatic hydroxyl groups excluding tert-OH is 4. The molecule has 6 heterocycles. The number of hydrogen-bond acceptors (Lipinski definition) is 13. The number of methoxy groups -OCH3 is 1. The molecule has 0 radical (unpaired) electrons. The number of aliphatic imine (C=N–C) groups is 1. The van der Waals surface area contributed by atoms with E-state index in [0.717, 1.165) is 104 Å². The molecule has 3 aromatic carbocycles. The van der Waals surface area contributed by atoms with Gasteiger partial charge in [-0.1, -0.05) is 51.8 Å². The summed E-state index contributed by atoms with van der Waals surface area (Å²) in [7, 11) is 1.70. The average molecular weight is 1010 g/mol. The standard InChI is InChI=1S/C60H83N3O10/c1-5-35-21-37-11-10-36(35)22-42(66)29-60(16-7-15-59(60)17-19-71-43(30-59)32-65)33-63-58(61)62-18-14-44-39(31-64)8-6-9-51(44)72-53-26-38(12-13-48(53)67)57-50(69)27-47-52(73-57)28-54(70-4)56-46-24-41(20-34(2)3)49(68)25-40(46)23-45(37)55(47)56/h10-13,24-26,28,34-37,39,42-45,50-51,57,64-69H,5-9,14-23,27,29-33H2,1-4H3,(H3,61,62,63)/t35-,36-,37-,39+,42-,43+,44-,45-,50+,51-,57-,59+,60-/m0/s1. The topological polar surface area (TPSA) is 209 Å². The first-order chi connectivity index (χ1) is 35.3. The van der Waals surface area contributed by atoms with Crippen LogP contribution in [0.25, 0.3) is 11.1 Å². The fourth-order valence-corrected chi connectivity index (χ4v) is 15.5. The van der Waals surface area contributed by atoms with Crippen LogP contribution in [0.3, 0.4) is 0 Å². The Morgan fingerprint density at radius 3 is 2.47 bits per heavy atom. The average Bonchev–Trinajstić information content (AvgIpc) is 3.70. The summed E-state index contributed by atoms with van der Waals surface area (Å²) in [5.41, 5.74) is 13.0. The molecule has 13 atom stereocenters. The molecular formula is C60H83N3O10. The molecular weight excluding hydrogens is 923 g/mol. The second-order valence-corrected chi connectivity index (χ2v) is 23.8. The van der Waals surface area contributed by atoms with E-state index in [9.17, 15) is 30.6 Å². The van der Waals surface area contributed by atoms with Crippen LogP contribution in [-0.2, 0) is 24.0 Å². The van der Waals surface area contributed by atoms with E-state index in [0.29, 0.717) is 98.2 Å². The molecule has 3 fully saturated rings. The van der Waals surface area contributed by atoms with Gasteiger partial charge in [0.15, 0.2) is 17.5 Å². The Morgan fingerprint density at radius 2 is 1.68 bits per heavy atom. The number of aliphatic hydroxyl groups is 4. The van der Waals surface area contributed by atoms with E-state index in [4.69, 9.17) is 29.7 Å². The minimum absolute atomic E-state index is 0.00571. The first-order valence-electron chi connectivity index (χ1n) is 27.9. The van der Waals surface area contributed by atoms with Gasteiger partial charge in [-0.3, -0.25) is 4.99 Å². The number of phenols is 2. The van der Waals surface area contributed by atoms with Crippen molar-refractivity contribution >= 4 is 5.96 Å². The maximum Gasteiger partial charge on any atom is 0.188 e. The number of rotatable bonds is 6. The lowest BCUT2D eigenvalue weighted by molar-refractivity contribution is -0.116. The Morgan fingerprint density at radius 1 is 0.863 bits per heavy atom. The number of allylic oxidation sites excluding steroid dienone is 2. The number of fused-ring (bicyclic) bond motifs is 2. The van der Waals surface area contributed by atoms with Crippen LogP contribution in [0, 0.1) is 46.3 Å². The molecule has 6 aliphatic heterocycles. The van der Waals surface area contributed by atoms with Crippen molar-refractivity contribution in [2.45, 2.75) is 160 Å². The van der Waals surface area contributed by atoms with Gasteiger partial charge in [-0.05, 0) is 182 Å². The number of phenolic OH excluding ortho intramolecular Hbond substituents is 2. The zero-order chi connectivity index (χ0) is 51.2. The van der Waals surface area contributed by atoms with Crippen molar-refractivity contribution in [2.24, 2.45) is 57.1 Å². The summed E-state index contributed by atoms with van der Waals surface area (Å²) in [6, 6.07) is 11.3. The highest BCUT2D eigenvalue weighted by molar-refractivity contribution is 5.84. The van der Waals surface area contributed by atoms with Crippen molar-refractivity contribution in [3.05, 3.63) is 76.4 Å². The maximum absolute atomic E-state index is 12.5. The Bertz CT molecular complexity index is 2510. The van der Waals surface area contributed by atoms with E-state index in [1.165, 1.54) is 0 Å². The lowest BCUT2D eigenvalue weighted by Crippen LogP contribution is -2.49. The van der Waals surface area contributed by atoms with E-state index < -0.39 is 18.3 Å². The molecule has 0 amide bonds. The summed E-state index contributed by atoms with van der Waals surface area (Å²) >= 11 is 0. The maximum atomic E-state index is 12.5. The molecule has 9 N–H and O–H groups in total. The van der Waals surface area contributed by atoms with E-state index in [1.807, 2.05) is 12.1 Å². The van der Waals surface area contributed by atoms with Crippen molar-refractivity contribution in [2.75, 3.05) is 40.0 Å². The lowest BCUT2D eigenvalue weighted by atomic mass is 9.57. The summed E-state index contributed by atoms with van der Waals surface area (Å²) in [6.45, 7) is 8.12. The van der Waals surface area contributed by atoms with Crippen molar-refractivity contribution < 1.29 is 49.6 Å². The molecule has 13 nitrogen and oxygen atoms in total. The van der Waals surface area contributed by atoms with E-state index >= 15 is 0 Å². The molecule has 2 spiro atoms. The summed E-state index contributed by atoms with van der Waals surface area (Å²) in [5.74, 6) is 3.16. The predicted octanol–water partition coefficient (Wildman–Crippen LogP) is 8.80. The van der Waals surface area contributed by atoms with Gasteiger partial charge in [0, 0.05) is 55.8 Å². The van der Waals surface area contributed by atoms with Crippen LogP contribution in [0.4, 0.5) is 0 Å². The highest BCUT2D eigenvalue weighted by Crippen LogP contribution is 2.62. The molecule has 398 valence electrons. The van der Waals surface area contributed by atoms with E-state index in [-0.39, 0.29) is 71.6 Å². The second kappa shape index (κ2) is 21.6. The van der Waals surface area contributed by atoms with Gasteiger partial charge < -0.3 is 60.6 Å². The van der Waals surface area contributed by atoms with Crippen LogP contribution < -0.4 is 25.3 Å². The van der Waals surface area contributed by atoms with Gasteiger partial charge in [0.05, 0.1) is 32.0 Å². The fraction of sp³-hybridized carbons (Fsp3) is 0.650. The number of ether oxygens (including phenoxy) is 4. The third-order valence-electron chi connectivity index (χ3n) is 19.1. The zero-order valence-electron chi connectivity index (χ0n) is 43.7. The smallest absolute Gasteiger partial charge is 0.188 e. The Kier molecular flexibility index (Phi) is 15.4. The molecule has 1 saturated heterocycles. The van der Waals surface area contributed by atoms with Crippen molar-refractivity contribution in [1.82, 2.24) is 5.32 Å². The number of aromatic hydroxyl groups is 2. The third kappa shape index (κ3) is 10.1. The normalized spacial score (nSPS) is 34.4. The van der Waals surface area contributed by atoms with Gasteiger partial charge in [-0.2, -0.15) is 0 Å². The number of nitrogens with zero attached hydrogens (tertiary/aromatic N) is 1. The minimum atomic E-state index is -0.923. The molecule has 3 aromatic rings. The predicted molar refractivity (Wildman–Crippen MR) is 282 cm³/mol. The molecule has 2 saturated carbocycles. The highest BCUT2D eigenvalue weighted by Gasteiger charge is 2.57. The van der Waals surface area contributed by atoms with Gasteiger partial charge in [0.2, 0.25) is 0 Å². The van der Waals surface area contributed by atoms with E-state index in [2.05, 4.69) is 44.3 Å². The Hall–Kier alpha value is -4.53. The summed E-state index contributed by atoms with van der Waals surface area (Å²) in [6.07, 6.45) is 14.4. The molecule has 13 heteroatoms. The molecule has 13 rings (SSSR count). The third-order valence-corrected chi connectivity index (χ3v) is 19.1. The first-order valence-corrected chi connectivity index (χ1v) is 27.9. The van der Waals surface area contributed by atoms with Gasteiger partial charge >= 0.3 is 0 Å². The molecule has 10 aliphatic rings. The van der Waals surface area contributed by atoms with Crippen LogP contribution in [0.5, 0.6) is 28.7 Å². The monoisotopic (exact) mass is 1010 g/mol. The zero-order valence-corrected chi connectivity index (χ0v) is 43.7. The summed E-state index contributed by atoms with van der Waals surface area (Å²) in [4.78, 5) is 5.09. The molecule has 73 heavy (non-hydrogen) atoms. The van der Waals surface area contributed by atoms with Gasteiger partial charge in [-0.15, -0.1) is 0 Å². The molecule has 8 bridgehead atoms. The summed E-state index contributed by atoms with van der Waals surface area (Å²) < 4.78 is 26.2. The Labute approximate surface area is 432 Å². The van der Waals surface area contributed by atoms with Crippen molar-refractivity contribution in [3.63, 3.8) is 0 Å². The van der Waals surface area contributed by atoms with Crippen LogP contribution in [0.1, 0.15) is 144 Å². The van der Waals surface area contributed by atoms with Crippen LogP contribution in [0.2, 0.25) is 0 Å². The van der Waals surface area contributed by atoms with Crippen LogP contribution in [0.15, 0.2) is 53.5 Å². The number of benzene rings is 3.